The standard InChI is InChI=1S/C26H24ClN3O4S/c1-16-4-2-3-5-19(16)25-20-11-13-35-23(20)10-12-28(25)24(31)15-29(18-7-8-18)26(32)17-6-9-21(27)22(14-17)30(33)34/h2-6,9,11,13-14,18,25H,7-8,10,12,15H2,1H3/t25-/m0/s1. The third kappa shape index (κ3) is 4.56. The van der Waals surface area contributed by atoms with Gasteiger partial charge in [0.1, 0.15) is 11.6 Å². The maximum Gasteiger partial charge on any atom is 0.288 e. The summed E-state index contributed by atoms with van der Waals surface area (Å²) in [6.45, 7) is 2.55. The van der Waals surface area contributed by atoms with Crippen LogP contribution >= 0.6 is 22.9 Å². The molecule has 0 bridgehead atoms. The number of nitrogens with zero attached hydrogens (tertiary/aromatic N) is 3. The maximum atomic E-state index is 13.7. The lowest BCUT2D eigenvalue weighted by Crippen LogP contribution is -2.47. The van der Waals surface area contributed by atoms with Crippen molar-refractivity contribution in [2.45, 2.75) is 38.3 Å². The van der Waals surface area contributed by atoms with Crippen LogP contribution in [0.2, 0.25) is 5.02 Å². The van der Waals surface area contributed by atoms with Gasteiger partial charge < -0.3 is 9.80 Å². The molecule has 2 aliphatic rings. The first kappa shape index (κ1) is 23.5. The van der Waals surface area contributed by atoms with E-state index in [1.165, 1.54) is 23.1 Å². The molecule has 1 atom stereocenters. The van der Waals surface area contributed by atoms with Gasteiger partial charge in [-0.3, -0.25) is 19.7 Å². The highest BCUT2D eigenvalue weighted by atomic mass is 35.5. The van der Waals surface area contributed by atoms with Crippen LogP contribution in [0.25, 0.3) is 0 Å². The van der Waals surface area contributed by atoms with Crippen LogP contribution in [0.5, 0.6) is 0 Å². The number of rotatable bonds is 6. The van der Waals surface area contributed by atoms with Gasteiger partial charge in [-0.1, -0.05) is 35.9 Å². The zero-order valence-electron chi connectivity index (χ0n) is 19.1. The molecule has 0 spiro atoms. The van der Waals surface area contributed by atoms with Gasteiger partial charge in [0.25, 0.3) is 11.6 Å². The van der Waals surface area contributed by atoms with E-state index < -0.39 is 4.92 Å². The second kappa shape index (κ2) is 9.43. The molecule has 2 aromatic carbocycles. The van der Waals surface area contributed by atoms with Gasteiger partial charge in [0.15, 0.2) is 0 Å². The normalized spacial score (nSPS) is 17.1. The Balaban J connectivity index is 1.44. The van der Waals surface area contributed by atoms with Crippen LogP contribution in [0.4, 0.5) is 5.69 Å². The van der Waals surface area contributed by atoms with Crippen LogP contribution in [-0.2, 0) is 11.2 Å². The summed E-state index contributed by atoms with van der Waals surface area (Å²) in [4.78, 5) is 42.6. The number of benzene rings is 2. The number of halogens is 1. The summed E-state index contributed by atoms with van der Waals surface area (Å²) in [5.41, 5.74) is 3.17. The number of amides is 2. The fraction of sp³-hybridized carbons (Fsp3) is 0.308. The molecular weight excluding hydrogens is 486 g/mol. The fourth-order valence-electron chi connectivity index (χ4n) is 4.75. The Labute approximate surface area is 212 Å². The van der Waals surface area contributed by atoms with Gasteiger partial charge in [0, 0.05) is 29.1 Å². The van der Waals surface area contributed by atoms with Gasteiger partial charge >= 0.3 is 0 Å². The van der Waals surface area contributed by atoms with Crippen molar-refractivity contribution < 1.29 is 14.5 Å². The summed E-state index contributed by atoms with van der Waals surface area (Å²) in [7, 11) is 0. The van der Waals surface area contributed by atoms with Gasteiger partial charge in [0.05, 0.1) is 11.0 Å². The van der Waals surface area contributed by atoms with Crippen LogP contribution in [0, 0.1) is 17.0 Å². The van der Waals surface area contributed by atoms with Crippen LogP contribution in [0.15, 0.2) is 53.9 Å². The first-order valence-electron chi connectivity index (χ1n) is 11.5. The Bertz CT molecular complexity index is 1320. The molecule has 1 fully saturated rings. The molecule has 3 aromatic rings. The lowest BCUT2D eigenvalue weighted by Gasteiger charge is -2.38. The predicted molar refractivity (Wildman–Crippen MR) is 135 cm³/mol. The number of hydrogen-bond donors (Lipinski definition) is 0. The van der Waals surface area contributed by atoms with Crippen molar-refractivity contribution in [3.63, 3.8) is 0 Å². The summed E-state index contributed by atoms with van der Waals surface area (Å²) in [6, 6.07) is 14.0. The van der Waals surface area contributed by atoms with E-state index >= 15 is 0 Å². The van der Waals surface area contributed by atoms with Crippen molar-refractivity contribution in [1.29, 1.82) is 0 Å². The molecule has 2 amide bonds. The molecular formula is C26H24ClN3O4S. The van der Waals surface area contributed by atoms with E-state index in [0.717, 1.165) is 36.0 Å². The van der Waals surface area contributed by atoms with Crippen LogP contribution < -0.4 is 0 Å². The number of thiophene rings is 1. The van der Waals surface area contributed by atoms with E-state index in [1.807, 2.05) is 30.0 Å². The molecule has 1 aromatic heterocycles. The molecule has 0 saturated heterocycles. The number of carbonyl (C=O) groups excluding carboxylic acids is 2. The molecule has 0 N–H and O–H groups in total. The van der Waals surface area contributed by atoms with Crippen molar-refractivity contribution in [3.8, 4) is 0 Å². The number of nitro benzene ring substituents is 1. The highest BCUT2D eigenvalue weighted by Gasteiger charge is 2.39. The number of hydrogen-bond acceptors (Lipinski definition) is 5. The molecule has 9 heteroatoms. The largest absolute Gasteiger partial charge is 0.330 e. The van der Waals surface area contributed by atoms with Crippen molar-refractivity contribution in [2.24, 2.45) is 0 Å². The van der Waals surface area contributed by atoms with Gasteiger partial charge in [-0.2, -0.15) is 0 Å². The highest BCUT2D eigenvalue weighted by Crippen LogP contribution is 2.39. The lowest BCUT2D eigenvalue weighted by molar-refractivity contribution is -0.384. The summed E-state index contributed by atoms with van der Waals surface area (Å²) in [5.74, 6) is -0.514. The zero-order chi connectivity index (χ0) is 24.7. The molecule has 1 aliphatic carbocycles. The first-order chi connectivity index (χ1) is 16.8. The first-order valence-corrected chi connectivity index (χ1v) is 12.8. The average molecular weight is 510 g/mol. The molecule has 1 aliphatic heterocycles. The van der Waals surface area contributed by atoms with Crippen molar-refractivity contribution in [3.05, 3.63) is 96.2 Å². The predicted octanol–water partition coefficient (Wildman–Crippen LogP) is 5.40. The minimum absolute atomic E-state index is 0.0263. The number of fused-ring (bicyclic) bond motifs is 1. The summed E-state index contributed by atoms with van der Waals surface area (Å²) >= 11 is 7.64. The molecule has 7 nitrogen and oxygen atoms in total. The second-order valence-electron chi connectivity index (χ2n) is 8.98. The Morgan fingerprint density at radius 1 is 1.17 bits per heavy atom. The Hall–Kier alpha value is -3.23. The van der Waals surface area contributed by atoms with Crippen molar-refractivity contribution >= 4 is 40.4 Å². The van der Waals surface area contributed by atoms with Gasteiger partial charge in [-0.25, -0.2) is 0 Å². The average Bonchev–Trinajstić information content (AvgIpc) is 3.57. The van der Waals surface area contributed by atoms with E-state index in [0.29, 0.717) is 6.54 Å². The van der Waals surface area contributed by atoms with Crippen LogP contribution in [0.3, 0.4) is 0 Å². The van der Waals surface area contributed by atoms with Gasteiger partial charge in [-0.15, -0.1) is 11.3 Å². The molecule has 2 heterocycles. The summed E-state index contributed by atoms with van der Waals surface area (Å²) < 4.78 is 0. The Morgan fingerprint density at radius 3 is 2.66 bits per heavy atom. The minimum Gasteiger partial charge on any atom is -0.330 e. The van der Waals surface area contributed by atoms with Crippen molar-refractivity contribution in [1.82, 2.24) is 9.80 Å². The third-order valence-corrected chi connectivity index (χ3v) is 8.03. The van der Waals surface area contributed by atoms with Gasteiger partial charge in [0.2, 0.25) is 5.91 Å². The smallest absolute Gasteiger partial charge is 0.288 e. The van der Waals surface area contributed by atoms with Crippen LogP contribution in [-0.4, -0.2) is 45.7 Å². The summed E-state index contributed by atoms with van der Waals surface area (Å²) in [5, 5.41) is 13.4. The Kier molecular flexibility index (Phi) is 6.34. The number of aryl methyl sites for hydroxylation is 1. The Morgan fingerprint density at radius 2 is 1.94 bits per heavy atom. The second-order valence-corrected chi connectivity index (χ2v) is 10.4. The van der Waals surface area contributed by atoms with E-state index in [2.05, 4.69) is 17.5 Å². The molecule has 5 rings (SSSR count). The van der Waals surface area contributed by atoms with E-state index in [1.54, 1.807) is 16.2 Å². The van der Waals surface area contributed by atoms with Gasteiger partial charge in [-0.05, 0) is 66.5 Å². The molecule has 180 valence electrons. The zero-order valence-corrected chi connectivity index (χ0v) is 20.7. The minimum atomic E-state index is -0.606. The van der Waals surface area contributed by atoms with Crippen molar-refractivity contribution in [2.75, 3.05) is 13.1 Å². The van der Waals surface area contributed by atoms with E-state index in [9.17, 15) is 19.7 Å². The number of nitro groups is 1. The SMILES string of the molecule is Cc1ccccc1[C@H]1c2ccsc2CCN1C(=O)CN(C(=O)c1ccc(Cl)c([N+](=O)[O-])c1)C1CC1. The van der Waals surface area contributed by atoms with E-state index in [-0.39, 0.29) is 46.7 Å². The molecule has 0 unspecified atom stereocenters. The molecule has 1 saturated carbocycles. The number of carbonyl (C=O) groups is 2. The quantitative estimate of drug-likeness (QED) is 0.329. The topological polar surface area (TPSA) is 83.8 Å². The monoisotopic (exact) mass is 509 g/mol. The highest BCUT2D eigenvalue weighted by molar-refractivity contribution is 7.10. The molecule has 35 heavy (non-hydrogen) atoms. The van der Waals surface area contributed by atoms with E-state index in [4.69, 9.17) is 11.6 Å². The van der Waals surface area contributed by atoms with Crippen LogP contribution in [0.1, 0.15) is 50.8 Å². The lowest BCUT2D eigenvalue weighted by atomic mass is 9.90. The maximum absolute atomic E-state index is 13.7. The third-order valence-electron chi connectivity index (χ3n) is 6.71. The molecule has 0 radical (unpaired) electrons. The summed E-state index contributed by atoms with van der Waals surface area (Å²) in [6.07, 6.45) is 2.40. The fourth-order valence-corrected chi connectivity index (χ4v) is 5.85.